The van der Waals surface area contributed by atoms with Gasteiger partial charge in [0.2, 0.25) is 0 Å². The fraction of sp³-hybridized carbons (Fsp3) is 0.172. The van der Waals surface area contributed by atoms with Crippen molar-refractivity contribution in [1.82, 2.24) is 90.5 Å². The van der Waals surface area contributed by atoms with Gasteiger partial charge in [0.15, 0.2) is 22.8 Å². The Bertz CT molecular complexity index is 8100. The normalized spacial score (nSPS) is 14.4. The van der Waals surface area contributed by atoms with Gasteiger partial charge >= 0.3 is 0 Å². The summed E-state index contributed by atoms with van der Waals surface area (Å²) < 4.78 is 54.2. The zero-order chi connectivity index (χ0) is 101. The van der Waals surface area contributed by atoms with Gasteiger partial charge in [0, 0.05) is 181 Å². The molecule has 16 heterocycles. The SMILES string of the molecule is O=C(Nc1ccc(-c2ccccc2)nc1)c1n[nH]c2ccc(-c3cncc(CN4CCC(F)(F)C4)c3)cc12.O=C(Nc1ccc(-c2ccccc2)nc1)c1n[nH]c2ccc(-c3cncc(CN4CCC(F)(F)CC4)c3)cc12.O=C(Nc1ccc(-c2ccccc2)nc1)c1n[nH]c2ccc(-c3cncc(N4CCCC4)c3)cc12.O=C(Nc1ccc(-c2ccccc2)nc1)c1n[nH]c2ccc(-c3cncc(N4CCCCC4)c3)cc12. The van der Waals surface area contributed by atoms with E-state index in [1.807, 2.05) is 278 Å². The Morgan fingerprint density at radius 3 is 0.851 bits per heavy atom. The molecule has 148 heavy (non-hydrogen) atoms. The smallest absolute Gasteiger partial charge is 0.276 e. The number of halogens is 4. The molecule has 0 aliphatic carbocycles. The molecule has 0 radical (unpaired) electrons. The van der Waals surface area contributed by atoms with Gasteiger partial charge < -0.3 is 31.1 Å². The lowest BCUT2D eigenvalue weighted by Crippen LogP contribution is -2.38. The topological polar surface area (TPSA) is 347 Å². The second kappa shape index (κ2) is 43.6. The molecule has 24 rings (SSSR count). The predicted octanol–water partition coefficient (Wildman–Crippen LogP) is 23.4. The molecule has 0 unspecified atom stereocenters. The largest absolute Gasteiger partial charge is 0.370 e. The van der Waals surface area contributed by atoms with Crippen LogP contribution in [0.5, 0.6) is 0 Å². The summed E-state index contributed by atoms with van der Waals surface area (Å²) in [7, 11) is 0. The van der Waals surface area contributed by atoms with E-state index in [4.69, 9.17) is 0 Å². The molecule has 4 amide bonds. The molecular formula is C116H100F4N24O4. The van der Waals surface area contributed by atoms with E-state index < -0.39 is 11.8 Å². The first-order chi connectivity index (χ1) is 72.3. The van der Waals surface area contributed by atoms with E-state index >= 15 is 0 Å². The summed E-state index contributed by atoms with van der Waals surface area (Å²) in [6.07, 6.45) is 26.9. The Morgan fingerprint density at radius 1 is 0.270 bits per heavy atom. The second-order valence-electron chi connectivity index (χ2n) is 37.1. The molecular weight excluding hydrogens is 1870 g/mol. The Hall–Kier alpha value is -18.0. The number of rotatable bonds is 22. The number of hydrogen-bond acceptors (Lipinski definition) is 20. The molecule has 4 aliphatic heterocycles. The van der Waals surface area contributed by atoms with E-state index in [1.54, 1.807) is 60.5 Å². The number of H-pyrrole nitrogens is 4. The average Bonchev–Trinajstić information content (AvgIpc) is 1.67. The molecule has 32 heteroatoms. The minimum Gasteiger partial charge on any atom is -0.370 e. The van der Waals surface area contributed by atoms with Gasteiger partial charge in [-0.15, -0.1) is 0 Å². The number of alkyl halides is 4. The fourth-order valence-electron chi connectivity index (χ4n) is 18.8. The van der Waals surface area contributed by atoms with E-state index in [0.717, 1.165) is 171 Å². The minimum atomic E-state index is -2.63. The highest BCUT2D eigenvalue weighted by Crippen LogP contribution is 2.38. The van der Waals surface area contributed by atoms with Crippen molar-refractivity contribution in [3.05, 3.63) is 375 Å². The summed E-state index contributed by atoms with van der Waals surface area (Å²) in [6.45, 7) is 6.10. The number of aromatic amines is 4. The van der Waals surface area contributed by atoms with Crippen LogP contribution in [0.25, 0.3) is 133 Å². The maximum absolute atomic E-state index is 13.6. The first kappa shape index (κ1) is 96.1. The van der Waals surface area contributed by atoms with Crippen LogP contribution in [0.1, 0.15) is 104 Å². The number of carbonyl (C=O) groups is 4. The van der Waals surface area contributed by atoms with Crippen LogP contribution < -0.4 is 31.1 Å². The molecule has 8 N–H and O–H groups in total. The highest BCUT2D eigenvalue weighted by molar-refractivity contribution is 6.15. The van der Waals surface area contributed by atoms with Crippen LogP contribution in [0.4, 0.5) is 51.7 Å². The van der Waals surface area contributed by atoms with Gasteiger partial charge in [-0.25, -0.2) is 17.6 Å². The minimum absolute atomic E-state index is 0.116. The van der Waals surface area contributed by atoms with Gasteiger partial charge in [0.1, 0.15) is 0 Å². The maximum atomic E-state index is 13.6. The fourth-order valence-corrected chi connectivity index (χ4v) is 18.8. The molecule has 4 fully saturated rings. The number of hydrogen-bond donors (Lipinski definition) is 8. The molecule has 20 aromatic rings. The molecule has 8 aromatic carbocycles. The van der Waals surface area contributed by atoms with Crippen molar-refractivity contribution >= 4 is 101 Å². The second-order valence-corrected chi connectivity index (χ2v) is 37.1. The zero-order valence-electron chi connectivity index (χ0n) is 80.4. The lowest BCUT2D eigenvalue weighted by molar-refractivity contribution is -0.0566. The van der Waals surface area contributed by atoms with Crippen molar-refractivity contribution < 1.29 is 36.7 Å². The number of aromatic nitrogens is 16. The monoisotopic (exact) mass is 1970 g/mol. The van der Waals surface area contributed by atoms with Crippen molar-refractivity contribution in [2.24, 2.45) is 0 Å². The Kier molecular flexibility index (Phi) is 28.3. The number of fused-ring (bicyclic) bond motifs is 4. The number of likely N-dealkylation sites (tertiary alicyclic amines) is 2. The van der Waals surface area contributed by atoms with Crippen LogP contribution >= 0.6 is 0 Å². The number of benzene rings is 8. The van der Waals surface area contributed by atoms with Crippen LogP contribution in [-0.4, -0.2) is 178 Å². The van der Waals surface area contributed by atoms with Crippen LogP contribution in [0.2, 0.25) is 0 Å². The van der Waals surface area contributed by atoms with Gasteiger partial charge in [-0.1, -0.05) is 146 Å². The van der Waals surface area contributed by atoms with E-state index in [9.17, 15) is 36.7 Å². The van der Waals surface area contributed by atoms with E-state index in [-0.39, 0.29) is 60.8 Å². The zero-order valence-corrected chi connectivity index (χ0v) is 80.4. The number of piperidine rings is 2. The van der Waals surface area contributed by atoms with E-state index in [0.29, 0.717) is 77.6 Å². The quantitative estimate of drug-likeness (QED) is 0.0292. The summed E-state index contributed by atoms with van der Waals surface area (Å²) in [5.41, 5.74) is 25.6. The molecule has 0 saturated carbocycles. The highest BCUT2D eigenvalue weighted by Gasteiger charge is 2.39. The van der Waals surface area contributed by atoms with E-state index in [2.05, 4.69) is 124 Å². The lowest BCUT2D eigenvalue weighted by Gasteiger charge is -2.31. The molecule has 4 saturated heterocycles. The maximum Gasteiger partial charge on any atom is 0.276 e. The summed E-state index contributed by atoms with van der Waals surface area (Å²) in [5, 5.41) is 43.3. The van der Waals surface area contributed by atoms with Crippen LogP contribution in [-0.2, 0) is 13.1 Å². The number of pyridine rings is 8. The lowest BCUT2D eigenvalue weighted by atomic mass is 10.0. The van der Waals surface area contributed by atoms with Crippen molar-refractivity contribution in [2.45, 2.75) is 76.3 Å². The van der Waals surface area contributed by atoms with E-state index in [1.165, 1.54) is 32.1 Å². The van der Waals surface area contributed by atoms with Crippen molar-refractivity contribution in [2.75, 3.05) is 83.4 Å². The Labute approximate surface area is 848 Å². The van der Waals surface area contributed by atoms with Crippen molar-refractivity contribution in [1.29, 1.82) is 0 Å². The highest BCUT2D eigenvalue weighted by atomic mass is 19.3. The third kappa shape index (κ3) is 22.9. The number of carbonyl (C=O) groups excluding carboxylic acids is 4. The molecule has 0 spiro atoms. The molecule has 0 atom stereocenters. The van der Waals surface area contributed by atoms with Gasteiger partial charge in [-0.3, -0.25) is 89.2 Å². The standard InChI is InChI=1S/C30H26F2N6O.C29H24F2N6O.C29H26N6O.C28H24N6O/c31-30(32)10-12-38(13-11-30)19-20-14-23(17-33-16-20)22-6-8-27-25(15-22)28(37-36-27)29(39)35-24-7-9-26(34-18-24)21-4-2-1-3-5-21;30-29(31)10-11-37(18-29)17-19-12-22(15-32-14-19)21-6-8-26-24(13-21)27(36-35-26)28(38)34-23-7-9-25(33-16-23)20-4-2-1-3-5-20;36-29(32-23-10-12-26(31-18-23)20-7-3-1-4-8-20)28-25-16-21(9-11-27(25)33-34-28)22-15-24(19-30-17-22)35-13-5-2-6-14-35;35-28(31-22-9-11-25(30-17-22)19-6-2-1-3-7-19)27-24-15-20(8-10-26(24)32-33-27)21-14-23(18-29-16-21)34-12-4-5-13-34/h1-9,14-18H,10-13,19H2,(H,35,39)(H,36,37);1-9,12-16H,10-11,17-18H2,(H,34,38)(H,35,36);1,3-4,7-12,15-19H,2,5-6,13-14H2,(H,32,36)(H,33,34);1-3,6-11,14-18H,4-5,12-13H2,(H,31,35)(H,32,33). The van der Waals surface area contributed by atoms with Crippen LogP contribution in [0.15, 0.2) is 341 Å². The molecule has 4 aliphatic rings. The molecule has 0 bridgehead atoms. The van der Waals surface area contributed by atoms with Gasteiger partial charge in [-0.05, 0) is 187 Å². The number of amides is 4. The predicted molar refractivity (Wildman–Crippen MR) is 570 cm³/mol. The molecule has 736 valence electrons. The van der Waals surface area contributed by atoms with Crippen molar-refractivity contribution in [3.8, 4) is 89.5 Å². The third-order valence-corrected chi connectivity index (χ3v) is 26.7. The van der Waals surface area contributed by atoms with Crippen molar-refractivity contribution in [3.63, 3.8) is 0 Å². The summed E-state index contributed by atoms with van der Waals surface area (Å²) >= 11 is 0. The summed E-state index contributed by atoms with van der Waals surface area (Å²) in [6, 6.07) is 86.0. The number of nitrogens with zero attached hydrogens (tertiary/aromatic N) is 16. The first-order valence-electron chi connectivity index (χ1n) is 49.1. The van der Waals surface area contributed by atoms with Crippen LogP contribution in [0.3, 0.4) is 0 Å². The first-order valence-corrected chi connectivity index (χ1v) is 49.1. The summed E-state index contributed by atoms with van der Waals surface area (Å²) in [4.78, 5) is 96.5. The molecule has 28 nitrogen and oxygen atoms in total. The number of anilines is 6. The average molecular weight is 1970 g/mol. The third-order valence-electron chi connectivity index (χ3n) is 26.7. The van der Waals surface area contributed by atoms with Gasteiger partial charge in [0.05, 0.1) is 123 Å². The summed E-state index contributed by atoms with van der Waals surface area (Å²) in [5.74, 6) is -6.47. The van der Waals surface area contributed by atoms with Gasteiger partial charge in [0.25, 0.3) is 35.5 Å². The number of nitrogens with one attached hydrogen (secondary N) is 8. The van der Waals surface area contributed by atoms with Crippen LogP contribution in [0, 0.1) is 0 Å². The van der Waals surface area contributed by atoms with Gasteiger partial charge in [-0.2, -0.15) is 20.4 Å². The Balaban J connectivity index is 0.000000116. The molecule has 12 aromatic heterocycles. The Morgan fingerprint density at radius 2 is 0.554 bits per heavy atom.